The van der Waals surface area contributed by atoms with E-state index >= 15 is 0 Å². The molecule has 3 N–H and O–H groups in total. The Kier molecular flexibility index (Phi) is 8.52. The van der Waals surface area contributed by atoms with E-state index in [0.717, 1.165) is 6.42 Å². The van der Waals surface area contributed by atoms with E-state index in [2.05, 4.69) is 31.0 Å². The van der Waals surface area contributed by atoms with Gasteiger partial charge in [0, 0.05) is 33.0 Å². The molecule has 2 heterocycles. The molecule has 1 aromatic carbocycles. The van der Waals surface area contributed by atoms with Crippen LogP contribution < -0.4 is 20.7 Å². The summed E-state index contributed by atoms with van der Waals surface area (Å²) in [6, 6.07) is 7.08. The Morgan fingerprint density at radius 3 is 2.65 bits per heavy atom. The lowest BCUT2D eigenvalue weighted by molar-refractivity contribution is -0.117. The number of methoxy groups -OCH3 is 1. The van der Waals surface area contributed by atoms with Gasteiger partial charge in [-0.15, -0.1) is 0 Å². The summed E-state index contributed by atoms with van der Waals surface area (Å²) in [5.41, 5.74) is 2.02. The normalized spacial score (nSPS) is 10.6. The van der Waals surface area contributed by atoms with E-state index < -0.39 is 0 Å². The van der Waals surface area contributed by atoms with Crippen molar-refractivity contribution in [1.29, 1.82) is 0 Å². The van der Waals surface area contributed by atoms with Crippen LogP contribution >= 0.6 is 0 Å². The summed E-state index contributed by atoms with van der Waals surface area (Å²) >= 11 is 0. The molecule has 0 unspecified atom stereocenters. The minimum Gasteiger partial charge on any atom is -0.494 e. The van der Waals surface area contributed by atoms with Crippen LogP contribution in [0.25, 0.3) is 11.4 Å². The molecule has 0 fully saturated rings. The molecule has 3 aromatic rings. The first-order valence-corrected chi connectivity index (χ1v) is 10.9. The Hall–Kier alpha value is -3.99. The van der Waals surface area contributed by atoms with Crippen molar-refractivity contribution < 1.29 is 19.1 Å². The number of nitrogens with zero attached hydrogens (tertiary/aromatic N) is 4. The van der Waals surface area contributed by atoms with Gasteiger partial charge in [-0.2, -0.15) is 5.10 Å². The van der Waals surface area contributed by atoms with E-state index in [0.29, 0.717) is 53.1 Å². The van der Waals surface area contributed by atoms with E-state index in [-0.39, 0.29) is 18.2 Å². The molecule has 11 nitrogen and oxygen atoms in total. The molecule has 0 aliphatic carbocycles. The van der Waals surface area contributed by atoms with Crippen LogP contribution in [0.5, 0.6) is 5.75 Å². The number of aromatic nitrogens is 4. The van der Waals surface area contributed by atoms with Gasteiger partial charge in [0.15, 0.2) is 11.6 Å². The predicted molar refractivity (Wildman–Crippen MR) is 128 cm³/mol. The number of carbonyl (C=O) groups is 2. The number of amides is 2. The zero-order chi connectivity index (χ0) is 24.5. The largest absolute Gasteiger partial charge is 0.494 e. The predicted octanol–water partition coefficient (Wildman–Crippen LogP) is 2.74. The van der Waals surface area contributed by atoms with Crippen LogP contribution in [-0.2, 0) is 16.6 Å². The van der Waals surface area contributed by atoms with Gasteiger partial charge in [-0.25, -0.2) is 9.97 Å². The van der Waals surface area contributed by atoms with E-state index in [1.807, 2.05) is 25.1 Å². The number of ether oxygens (including phenoxy) is 2. The van der Waals surface area contributed by atoms with Gasteiger partial charge >= 0.3 is 0 Å². The standard InChI is InChI=1S/C23H29N7O4/c1-5-10-34-11-9-20(31)28-19-12-18(16(13-25-19)23(32)24-2)27-17-8-6-7-15(21(17)33-4)22-26-14-30(3)29-22/h6-8,12-14H,5,9-11H2,1-4H3,(H,24,32)(H2,25,27,28,31). The molecule has 0 radical (unpaired) electrons. The van der Waals surface area contributed by atoms with E-state index in [4.69, 9.17) is 9.47 Å². The number of hydrogen-bond acceptors (Lipinski definition) is 8. The molecule has 34 heavy (non-hydrogen) atoms. The van der Waals surface area contributed by atoms with Crippen LogP contribution in [0.1, 0.15) is 30.1 Å². The molecule has 0 saturated heterocycles. The second kappa shape index (κ2) is 11.8. The second-order valence-electron chi connectivity index (χ2n) is 7.36. The summed E-state index contributed by atoms with van der Waals surface area (Å²) in [5.74, 6) is 0.747. The zero-order valence-electron chi connectivity index (χ0n) is 19.7. The number of carbonyl (C=O) groups excluding carboxylic acids is 2. The number of nitrogens with one attached hydrogen (secondary N) is 3. The molecule has 180 valence electrons. The van der Waals surface area contributed by atoms with E-state index in [1.165, 1.54) is 13.2 Å². The maximum Gasteiger partial charge on any atom is 0.254 e. The van der Waals surface area contributed by atoms with E-state index in [9.17, 15) is 9.59 Å². The Morgan fingerprint density at radius 2 is 1.97 bits per heavy atom. The van der Waals surface area contributed by atoms with Crippen LogP contribution in [0.3, 0.4) is 0 Å². The third kappa shape index (κ3) is 6.07. The van der Waals surface area contributed by atoms with Gasteiger partial charge in [-0.05, 0) is 18.6 Å². The smallest absolute Gasteiger partial charge is 0.254 e. The van der Waals surface area contributed by atoms with Gasteiger partial charge in [-0.1, -0.05) is 13.0 Å². The lowest BCUT2D eigenvalue weighted by Gasteiger charge is -2.17. The summed E-state index contributed by atoms with van der Waals surface area (Å²) in [6.45, 7) is 2.94. The first kappa shape index (κ1) is 24.6. The van der Waals surface area contributed by atoms with Crippen LogP contribution in [-0.4, -0.2) is 58.9 Å². The molecule has 0 aliphatic rings. The van der Waals surface area contributed by atoms with Crippen LogP contribution in [0.4, 0.5) is 17.2 Å². The monoisotopic (exact) mass is 467 g/mol. The van der Waals surface area contributed by atoms with E-state index in [1.54, 1.807) is 31.2 Å². The Balaban J connectivity index is 1.90. The number of pyridine rings is 1. The quantitative estimate of drug-likeness (QED) is 0.367. The minimum atomic E-state index is -0.331. The second-order valence-corrected chi connectivity index (χ2v) is 7.36. The van der Waals surface area contributed by atoms with Crippen molar-refractivity contribution in [1.82, 2.24) is 25.1 Å². The maximum absolute atomic E-state index is 12.5. The molecule has 3 rings (SSSR count). The summed E-state index contributed by atoms with van der Waals surface area (Å²) in [5, 5.41) is 12.9. The van der Waals surface area contributed by atoms with Crippen LogP contribution in [0, 0.1) is 0 Å². The van der Waals surface area contributed by atoms with Crippen molar-refractivity contribution in [3.8, 4) is 17.1 Å². The highest BCUT2D eigenvalue weighted by molar-refractivity contribution is 6.01. The molecule has 0 spiro atoms. The van der Waals surface area contributed by atoms with Gasteiger partial charge < -0.3 is 25.4 Å². The summed E-state index contributed by atoms with van der Waals surface area (Å²) in [4.78, 5) is 33.2. The topological polar surface area (TPSA) is 132 Å². The van der Waals surface area contributed by atoms with Gasteiger partial charge in [0.05, 0.1) is 42.6 Å². The van der Waals surface area contributed by atoms with Crippen LogP contribution in [0.15, 0.2) is 36.8 Å². The lowest BCUT2D eigenvalue weighted by atomic mass is 10.1. The van der Waals surface area contributed by atoms with Crippen molar-refractivity contribution in [3.05, 3.63) is 42.4 Å². The molecule has 0 bridgehead atoms. The van der Waals surface area contributed by atoms with Crippen molar-refractivity contribution in [2.24, 2.45) is 7.05 Å². The molecule has 2 aromatic heterocycles. The summed E-state index contributed by atoms with van der Waals surface area (Å²) < 4.78 is 12.6. The first-order chi connectivity index (χ1) is 16.5. The number of anilines is 3. The molecule has 11 heteroatoms. The highest BCUT2D eigenvalue weighted by atomic mass is 16.5. The number of para-hydroxylation sites is 1. The fourth-order valence-electron chi connectivity index (χ4n) is 3.20. The average molecular weight is 468 g/mol. The third-order valence-electron chi connectivity index (χ3n) is 4.79. The van der Waals surface area contributed by atoms with Gasteiger partial charge in [0.1, 0.15) is 12.1 Å². The molecule has 2 amide bonds. The highest BCUT2D eigenvalue weighted by Gasteiger charge is 2.18. The van der Waals surface area contributed by atoms with Gasteiger partial charge in [-0.3, -0.25) is 14.3 Å². The highest BCUT2D eigenvalue weighted by Crippen LogP contribution is 2.37. The number of benzene rings is 1. The molecular formula is C23H29N7O4. The zero-order valence-corrected chi connectivity index (χ0v) is 19.7. The molecular weight excluding hydrogens is 438 g/mol. The van der Waals surface area contributed by atoms with Gasteiger partial charge in [0.2, 0.25) is 5.91 Å². The Bertz CT molecular complexity index is 1150. The fraction of sp³-hybridized carbons (Fsp3) is 0.348. The fourth-order valence-corrected chi connectivity index (χ4v) is 3.20. The number of hydrogen-bond donors (Lipinski definition) is 3. The van der Waals surface area contributed by atoms with Crippen molar-refractivity contribution >= 4 is 29.0 Å². The van der Waals surface area contributed by atoms with Crippen molar-refractivity contribution in [2.45, 2.75) is 19.8 Å². The average Bonchev–Trinajstić information content (AvgIpc) is 3.27. The lowest BCUT2D eigenvalue weighted by Crippen LogP contribution is -2.20. The first-order valence-electron chi connectivity index (χ1n) is 10.9. The number of rotatable bonds is 11. The van der Waals surface area contributed by atoms with Crippen molar-refractivity contribution in [2.75, 3.05) is 38.0 Å². The molecule has 0 aliphatic heterocycles. The van der Waals surface area contributed by atoms with Crippen LogP contribution in [0.2, 0.25) is 0 Å². The SMILES string of the molecule is CCCOCCC(=O)Nc1cc(Nc2cccc(-c3ncn(C)n3)c2OC)c(C(=O)NC)cn1. The Labute approximate surface area is 197 Å². The molecule has 0 saturated carbocycles. The summed E-state index contributed by atoms with van der Waals surface area (Å²) in [6.07, 6.45) is 4.10. The maximum atomic E-state index is 12.5. The third-order valence-corrected chi connectivity index (χ3v) is 4.79. The van der Waals surface area contributed by atoms with Gasteiger partial charge in [0.25, 0.3) is 5.91 Å². The minimum absolute atomic E-state index is 0.203. The molecule has 0 atom stereocenters. The summed E-state index contributed by atoms with van der Waals surface area (Å²) in [7, 11) is 4.86. The Morgan fingerprint density at radius 1 is 1.15 bits per heavy atom. The number of aryl methyl sites for hydroxylation is 1. The van der Waals surface area contributed by atoms with Crippen molar-refractivity contribution in [3.63, 3.8) is 0 Å².